The van der Waals surface area contributed by atoms with Crippen LogP contribution in [-0.2, 0) is 17.6 Å². The largest absolute Gasteiger partial charge is 0.349 e. The highest BCUT2D eigenvalue weighted by molar-refractivity contribution is 5.79. The fourth-order valence-corrected chi connectivity index (χ4v) is 3.00. The predicted octanol–water partition coefficient (Wildman–Crippen LogP) is 3.13. The van der Waals surface area contributed by atoms with Gasteiger partial charge in [-0.1, -0.05) is 29.8 Å². The van der Waals surface area contributed by atoms with Crippen molar-refractivity contribution in [1.29, 1.82) is 0 Å². The Labute approximate surface area is 125 Å². The molecule has 1 aromatic heterocycles. The number of carbonyl (C=O) groups excluding carboxylic acids is 1. The molecule has 0 spiro atoms. The van der Waals surface area contributed by atoms with Gasteiger partial charge in [-0.15, -0.1) is 0 Å². The molecule has 0 saturated heterocycles. The molecule has 108 valence electrons. The van der Waals surface area contributed by atoms with Crippen LogP contribution >= 0.6 is 0 Å². The SMILES string of the molecule is Cc1ccc2c(c1)C(NC(=O)Cc1cccnc1)CCC2. The first-order valence-electron chi connectivity index (χ1n) is 7.50. The standard InChI is InChI=1S/C18H20N2O/c1-13-7-8-15-5-2-6-17(16(15)10-13)20-18(21)11-14-4-3-9-19-12-14/h3-4,7-10,12,17H,2,5-6,11H2,1H3,(H,20,21). The summed E-state index contributed by atoms with van der Waals surface area (Å²) >= 11 is 0. The first kappa shape index (κ1) is 13.8. The van der Waals surface area contributed by atoms with Crippen LogP contribution in [0.4, 0.5) is 0 Å². The van der Waals surface area contributed by atoms with Gasteiger partial charge >= 0.3 is 0 Å². The summed E-state index contributed by atoms with van der Waals surface area (Å²) in [5, 5.41) is 3.18. The lowest BCUT2D eigenvalue weighted by molar-refractivity contribution is -0.121. The molecule has 3 heteroatoms. The van der Waals surface area contributed by atoms with Crippen LogP contribution in [0.2, 0.25) is 0 Å². The molecule has 2 aromatic rings. The van der Waals surface area contributed by atoms with Gasteiger partial charge in [0.25, 0.3) is 0 Å². The average molecular weight is 280 g/mol. The summed E-state index contributed by atoms with van der Waals surface area (Å²) in [4.78, 5) is 16.3. The maximum absolute atomic E-state index is 12.2. The number of nitrogens with zero attached hydrogens (tertiary/aromatic N) is 1. The van der Waals surface area contributed by atoms with Gasteiger partial charge in [-0.2, -0.15) is 0 Å². The van der Waals surface area contributed by atoms with E-state index in [9.17, 15) is 4.79 Å². The number of hydrogen-bond acceptors (Lipinski definition) is 2. The van der Waals surface area contributed by atoms with Crippen molar-refractivity contribution < 1.29 is 4.79 Å². The average Bonchev–Trinajstić information content (AvgIpc) is 2.49. The summed E-state index contributed by atoms with van der Waals surface area (Å²) in [5.41, 5.74) is 4.87. The molecular weight excluding hydrogens is 260 g/mol. The minimum Gasteiger partial charge on any atom is -0.349 e. The quantitative estimate of drug-likeness (QED) is 0.938. The molecule has 1 unspecified atom stereocenters. The van der Waals surface area contributed by atoms with Crippen molar-refractivity contribution in [3.63, 3.8) is 0 Å². The number of hydrogen-bond donors (Lipinski definition) is 1. The molecule has 1 aliphatic carbocycles. The number of carbonyl (C=O) groups is 1. The van der Waals surface area contributed by atoms with Gasteiger partial charge in [0.1, 0.15) is 0 Å². The molecule has 0 bridgehead atoms. The molecule has 0 aliphatic heterocycles. The van der Waals surface area contributed by atoms with Gasteiger partial charge in [0.15, 0.2) is 0 Å². The van der Waals surface area contributed by atoms with E-state index < -0.39 is 0 Å². The van der Waals surface area contributed by atoms with Crippen LogP contribution in [0.3, 0.4) is 0 Å². The third-order valence-electron chi connectivity index (χ3n) is 4.04. The Hall–Kier alpha value is -2.16. The number of rotatable bonds is 3. The number of aryl methyl sites for hydroxylation is 2. The van der Waals surface area contributed by atoms with E-state index in [0.29, 0.717) is 6.42 Å². The minimum absolute atomic E-state index is 0.0716. The van der Waals surface area contributed by atoms with Crippen LogP contribution in [0.15, 0.2) is 42.7 Å². The smallest absolute Gasteiger partial charge is 0.224 e. The normalized spacial score (nSPS) is 17.1. The minimum atomic E-state index is 0.0716. The third-order valence-corrected chi connectivity index (χ3v) is 4.04. The highest BCUT2D eigenvalue weighted by Gasteiger charge is 2.21. The molecule has 1 amide bonds. The second-order valence-electron chi connectivity index (χ2n) is 5.75. The van der Waals surface area contributed by atoms with Gasteiger partial charge in [0, 0.05) is 12.4 Å². The molecule has 1 aliphatic rings. The van der Waals surface area contributed by atoms with Crippen LogP contribution < -0.4 is 5.32 Å². The first-order valence-corrected chi connectivity index (χ1v) is 7.50. The molecule has 3 rings (SSSR count). The van der Waals surface area contributed by atoms with Crippen molar-refractivity contribution in [2.75, 3.05) is 0 Å². The maximum atomic E-state index is 12.2. The van der Waals surface area contributed by atoms with Crippen molar-refractivity contribution in [1.82, 2.24) is 10.3 Å². The van der Waals surface area contributed by atoms with Gasteiger partial charge in [-0.25, -0.2) is 0 Å². The zero-order valence-corrected chi connectivity index (χ0v) is 12.3. The Morgan fingerprint density at radius 2 is 2.29 bits per heavy atom. The Morgan fingerprint density at radius 3 is 3.10 bits per heavy atom. The third kappa shape index (κ3) is 3.30. The summed E-state index contributed by atoms with van der Waals surface area (Å²) < 4.78 is 0. The van der Waals surface area contributed by atoms with Crippen LogP contribution in [0.25, 0.3) is 0 Å². The molecule has 0 radical (unpaired) electrons. The summed E-state index contributed by atoms with van der Waals surface area (Å²) in [6.45, 7) is 2.10. The highest BCUT2D eigenvalue weighted by Crippen LogP contribution is 2.30. The Morgan fingerprint density at radius 1 is 1.38 bits per heavy atom. The maximum Gasteiger partial charge on any atom is 0.224 e. The molecule has 1 atom stereocenters. The molecular formula is C18H20N2O. The predicted molar refractivity (Wildman–Crippen MR) is 82.9 cm³/mol. The van der Waals surface area contributed by atoms with Crippen molar-refractivity contribution in [2.24, 2.45) is 0 Å². The second-order valence-corrected chi connectivity index (χ2v) is 5.75. The zero-order valence-electron chi connectivity index (χ0n) is 12.3. The van der Waals surface area contributed by atoms with Gasteiger partial charge in [-0.3, -0.25) is 9.78 Å². The molecule has 3 nitrogen and oxygen atoms in total. The molecule has 0 saturated carbocycles. The van der Waals surface area contributed by atoms with E-state index in [4.69, 9.17) is 0 Å². The number of aromatic nitrogens is 1. The number of benzene rings is 1. The fourth-order valence-electron chi connectivity index (χ4n) is 3.00. The van der Waals surface area contributed by atoms with Crippen LogP contribution in [-0.4, -0.2) is 10.9 Å². The number of nitrogens with one attached hydrogen (secondary N) is 1. The van der Waals surface area contributed by atoms with E-state index >= 15 is 0 Å². The van der Waals surface area contributed by atoms with Crippen molar-refractivity contribution >= 4 is 5.91 Å². The fraction of sp³-hybridized carbons (Fsp3) is 0.333. The Balaban J connectivity index is 1.71. The summed E-state index contributed by atoms with van der Waals surface area (Å²) in [5.74, 6) is 0.0716. The zero-order chi connectivity index (χ0) is 14.7. The number of amides is 1. The van der Waals surface area contributed by atoms with E-state index in [1.807, 2.05) is 12.1 Å². The number of pyridine rings is 1. The van der Waals surface area contributed by atoms with Crippen LogP contribution in [0.5, 0.6) is 0 Å². The second kappa shape index (κ2) is 6.08. The Bertz CT molecular complexity index is 637. The Kier molecular flexibility index (Phi) is 4.00. The van der Waals surface area contributed by atoms with Crippen molar-refractivity contribution in [2.45, 2.75) is 38.6 Å². The molecule has 21 heavy (non-hydrogen) atoms. The van der Waals surface area contributed by atoms with Crippen LogP contribution in [0, 0.1) is 6.92 Å². The lowest BCUT2D eigenvalue weighted by Gasteiger charge is -2.27. The van der Waals surface area contributed by atoms with E-state index in [1.54, 1.807) is 12.4 Å². The van der Waals surface area contributed by atoms with Gasteiger partial charge in [0.2, 0.25) is 5.91 Å². The van der Waals surface area contributed by atoms with Gasteiger partial charge < -0.3 is 5.32 Å². The molecule has 1 aromatic carbocycles. The monoisotopic (exact) mass is 280 g/mol. The summed E-state index contributed by atoms with van der Waals surface area (Å²) in [7, 11) is 0. The van der Waals surface area contributed by atoms with E-state index in [-0.39, 0.29) is 11.9 Å². The van der Waals surface area contributed by atoms with E-state index in [2.05, 4.69) is 35.4 Å². The van der Waals surface area contributed by atoms with E-state index in [1.165, 1.54) is 16.7 Å². The lowest BCUT2D eigenvalue weighted by Crippen LogP contribution is -2.32. The topological polar surface area (TPSA) is 42.0 Å². The number of fused-ring (bicyclic) bond motifs is 1. The van der Waals surface area contributed by atoms with Crippen LogP contribution in [0.1, 0.15) is 41.1 Å². The molecule has 1 N–H and O–H groups in total. The van der Waals surface area contributed by atoms with Gasteiger partial charge in [-0.05, 0) is 48.9 Å². The van der Waals surface area contributed by atoms with Crippen molar-refractivity contribution in [3.05, 3.63) is 65.0 Å². The summed E-state index contributed by atoms with van der Waals surface area (Å²) in [6, 6.07) is 10.5. The molecule has 0 fully saturated rings. The van der Waals surface area contributed by atoms with Gasteiger partial charge in [0.05, 0.1) is 12.5 Å². The molecule has 1 heterocycles. The first-order chi connectivity index (χ1) is 10.2. The van der Waals surface area contributed by atoms with Crippen molar-refractivity contribution in [3.8, 4) is 0 Å². The highest BCUT2D eigenvalue weighted by atomic mass is 16.1. The summed E-state index contributed by atoms with van der Waals surface area (Å²) in [6.07, 6.45) is 7.14. The van der Waals surface area contributed by atoms with E-state index in [0.717, 1.165) is 24.8 Å². The lowest BCUT2D eigenvalue weighted by atomic mass is 9.86.